The monoisotopic (exact) mass is 315 g/mol. The van der Waals surface area contributed by atoms with Gasteiger partial charge in [0, 0.05) is 0 Å². The zero-order valence-electron chi connectivity index (χ0n) is 12.7. The van der Waals surface area contributed by atoms with Crippen molar-refractivity contribution in [3.05, 3.63) is 57.8 Å². The van der Waals surface area contributed by atoms with Gasteiger partial charge in [-0.2, -0.15) is 11.3 Å². The second kappa shape index (κ2) is 6.63. The van der Waals surface area contributed by atoms with E-state index in [1.165, 1.54) is 16.7 Å². The van der Waals surface area contributed by atoms with Crippen LogP contribution in [0.3, 0.4) is 0 Å². The molecule has 2 atom stereocenters. The van der Waals surface area contributed by atoms with Gasteiger partial charge >= 0.3 is 5.97 Å². The molecule has 22 heavy (non-hydrogen) atoms. The lowest BCUT2D eigenvalue weighted by Crippen LogP contribution is -2.46. The molecule has 1 aromatic carbocycles. The molecule has 1 aromatic heterocycles. The van der Waals surface area contributed by atoms with Crippen molar-refractivity contribution in [2.75, 3.05) is 6.54 Å². The number of nitrogens with zero attached hydrogens (tertiary/aromatic N) is 1. The van der Waals surface area contributed by atoms with Gasteiger partial charge in [-0.05, 0) is 59.8 Å². The lowest BCUT2D eigenvalue weighted by atomic mass is 9.91. The quantitative estimate of drug-likeness (QED) is 0.924. The van der Waals surface area contributed by atoms with Gasteiger partial charge in [-0.15, -0.1) is 0 Å². The second-order valence-corrected chi connectivity index (χ2v) is 6.68. The van der Waals surface area contributed by atoms with E-state index in [4.69, 9.17) is 0 Å². The van der Waals surface area contributed by atoms with Gasteiger partial charge in [-0.1, -0.05) is 30.7 Å². The Balaban J connectivity index is 2.05. The molecule has 2 aromatic rings. The zero-order chi connectivity index (χ0) is 15.5. The first-order valence-corrected chi connectivity index (χ1v) is 8.69. The fraction of sp³-hybridized carbons (Fsp3) is 0.389. The molecule has 1 aliphatic rings. The van der Waals surface area contributed by atoms with E-state index in [0.717, 1.165) is 25.8 Å². The van der Waals surface area contributed by atoms with Crippen LogP contribution in [0.5, 0.6) is 0 Å². The summed E-state index contributed by atoms with van der Waals surface area (Å²) < 4.78 is 0. The Hall–Kier alpha value is -1.65. The number of benzene rings is 1. The van der Waals surface area contributed by atoms with Gasteiger partial charge in [0.2, 0.25) is 0 Å². The van der Waals surface area contributed by atoms with Crippen molar-refractivity contribution in [1.29, 1.82) is 0 Å². The number of likely N-dealkylation sites (tertiary alicyclic amines) is 1. The predicted octanol–water partition coefficient (Wildman–Crippen LogP) is 4.09. The van der Waals surface area contributed by atoms with E-state index in [1.54, 1.807) is 11.3 Å². The molecule has 4 heteroatoms. The van der Waals surface area contributed by atoms with Crippen LogP contribution in [-0.4, -0.2) is 28.6 Å². The lowest BCUT2D eigenvalue weighted by molar-refractivity contribution is -0.145. The van der Waals surface area contributed by atoms with E-state index in [-0.39, 0.29) is 6.04 Å². The number of carboxylic acid groups (broad SMARTS) is 1. The fourth-order valence-corrected chi connectivity index (χ4v) is 4.08. The first-order valence-electron chi connectivity index (χ1n) is 7.74. The van der Waals surface area contributed by atoms with Crippen LogP contribution in [-0.2, 0) is 4.79 Å². The molecule has 1 aliphatic heterocycles. The third-order valence-corrected chi connectivity index (χ3v) is 5.20. The van der Waals surface area contributed by atoms with Crippen LogP contribution >= 0.6 is 11.3 Å². The van der Waals surface area contributed by atoms with Crippen LogP contribution in [0.15, 0.2) is 41.1 Å². The third kappa shape index (κ3) is 2.94. The Morgan fingerprint density at radius 1 is 1.32 bits per heavy atom. The summed E-state index contributed by atoms with van der Waals surface area (Å²) in [4.78, 5) is 13.9. The van der Waals surface area contributed by atoms with Crippen LogP contribution in [0, 0.1) is 6.92 Å². The Kier molecular flexibility index (Phi) is 4.60. The number of aryl methyl sites for hydroxylation is 1. The number of carbonyl (C=O) groups is 1. The van der Waals surface area contributed by atoms with Crippen LogP contribution in [0.1, 0.15) is 42.0 Å². The highest BCUT2D eigenvalue weighted by Crippen LogP contribution is 2.36. The highest BCUT2D eigenvalue weighted by atomic mass is 32.1. The number of thiophene rings is 1. The van der Waals surface area contributed by atoms with Gasteiger partial charge in [0.1, 0.15) is 6.04 Å². The van der Waals surface area contributed by atoms with Crippen molar-refractivity contribution in [2.24, 2.45) is 0 Å². The highest BCUT2D eigenvalue weighted by molar-refractivity contribution is 7.08. The molecule has 2 unspecified atom stereocenters. The molecule has 1 N–H and O–H groups in total. The van der Waals surface area contributed by atoms with E-state index in [1.807, 2.05) is 12.1 Å². The first kappa shape index (κ1) is 15.3. The van der Waals surface area contributed by atoms with Crippen LogP contribution in [0.25, 0.3) is 0 Å². The largest absolute Gasteiger partial charge is 0.480 e. The number of carboxylic acids is 1. The SMILES string of the molecule is Cc1ccccc1C(c1ccsc1)N1CCCCC1C(=O)O. The molecule has 0 spiro atoms. The Labute approximate surface area is 135 Å². The number of piperidine rings is 1. The minimum atomic E-state index is -0.700. The standard InChI is InChI=1S/C18H21NO2S/c1-13-6-2-3-7-15(13)17(14-9-11-22-12-14)19-10-5-4-8-16(19)18(20)21/h2-3,6-7,9,11-12,16-17H,4-5,8,10H2,1H3,(H,20,21). The minimum absolute atomic E-state index is 0.0360. The molecule has 0 saturated carbocycles. The molecule has 3 rings (SSSR count). The average molecular weight is 315 g/mol. The lowest BCUT2D eigenvalue weighted by Gasteiger charge is -2.39. The van der Waals surface area contributed by atoms with Crippen LogP contribution in [0.4, 0.5) is 0 Å². The van der Waals surface area contributed by atoms with Crippen molar-refractivity contribution in [2.45, 2.75) is 38.3 Å². The van der Waals surface area contributed by atoms with Gasteiger partial charge in [0.25, 0.3) is 0 Å². The zero-order valence-corrected chi connectivity index (χ0v) is 13.6. The second-order valence-electron chi connectivity index (χ2n) is 5.90. The average Bonchev–Trinajstić information content (AvgIpc) is 3.04. The maximum absolute atomic E-state index is 11.7. The van der Waals surface area contributed by atoms with E-state index < -0.39 is 12.0 Å². The molecule has 1 fully saturated rings. The smallest absolute Gasteiger partial charge is 0.320 e. The Morgan fingerprint density at radius 2 is 2.14 bits per heavy atom. The minimum Gasteiger partial charge on any atom is -0.480 e. The van der Waals surface area contributed by atoms with Crippen molar-refractivity contribution < 1.29 is 9.90 Å². The number of rotatable bonds is 4. The first-order chi connectivity index (χ1) is 10.7. The summed E-state index contributed by atoms with van der Waals surface area (Å²) in [5.74, 6) is -0.700. The van der Waals surface area contributed by atoms with Crippen molar-refractivity contribution in [3.63, 3.8) is 0 Å². The number of hydrogen-bond donors (Lipinski definition) is 1. The van der Waals surface area contributed by atoms with E-state index in [9.17, 15) is 9.90 Å². The molecule has 1 saturated heterocycles. The molecule has 0 amide bonds. The van der Waals surface area contributed by atoms with Gasteiger partial charge < -0.3 is 5.11 Å². The summed E-state index contributed by atoms with van der Waals surface area (Å²) in [7, 11) is 0. The maximum atomic E-state index is 11.7. The highest BCUT2D eigenvalue weighted by Gasteiger charge is 2.35. The van der Waals surface area contributed by atoms with E-state index in [2.05, 4.69) is 40.8 Å². The molecule has 0 radical (unpaired) electrons. The molecular formula is C18H21NO2S. The van der Waals surface area contributed by atoms with E-state index in [0.29, 0.717) is 0 Å². The fourth-order valence-electron chi connectivity index (χ4n) is 3.40. The molecular weight excluding hydrogens is 294 g/mol. The van der Waals surface area contributed by atoms with Crippen molar-refractivity contribution in [1.82, 2.24) is 4.90 Å². The van der Waals surface area contributed by atoms with Crippen molar-refractivity contribution in [3.8, 4) is 0 Å². The van der Waals surface area contributed by atoms with Crippen molar-refractivity contribution >= 4 is 17.3 Å². The number of hydrogen-bond acceptors (Lipinski definition) is 3. The molecule has 2 heterocycles. The van der Waals surface area contributed by atoms with E-state index >= 15 is 0 Å². The Morgan fingerprint density at radius 3 is 2.82 bits per heavy atom. The maximum Gasteiger partial charge on any atom is 0.320 e. The summed E-state index contributed by atoms with van der Waals surface area (Å²) >= 11 is 1.67. The Bertz CT molecular complexity index is 638. The van der Waals surface area contributed by atoms with Gasteiger partial charge in [-0.3, -0.25) is 9.69 Å². The topological polar surface area (TPSA) is 40.5 Å². The molecule has 0 bridgehead atoms. The normalized spacial score (nSPS) is 20.7. The summed E-state index contributed by atoms with van der Waals surface area (Å²) in [6.45, 7) is 2.94. The molecule has 0 aliphatic carbocycles. The third-order valence-electron chi connectivity index (χ3n) is 4.50. The molecule has 3 nitrogen and oxygen atoms in total. The summed E-state index contributed by atoms with van der Waals surface area (Å²) in [5, 5.41) is 13.8. The summed E-state index contributed by atoms with van der Waals surface area (Å²) in [6, 6.07) is 10.1. The predicted molar refractivity (Wildman–Crippen MR) is 89.3 cm³/mol. The van der Waals surface area contributed by atoms with Gasteiger partial charge in [-0.25, -0.2) is 0 Å². The number of aliphatic carboxylic acids is 1. The summed E-state index contributed by atoms with van der Waals surface area (Å²) in [5.41, 5.74) is 3.63. The van der Waals surface area contributed by atoms with Crippen LogP contribution < -0.4 is 0 Å². The summed E-state index contributed by atoms with van der Waals surface area (Å²) in [6.07, 6.45) is 2.80. The van der Waals surface area contributed by atoms with Crippen LogP contribution in [0.2, 0.25) is 0 Å². The van der Waals surface area contributed by atoms with Gasteiger partial charge in [0.15, 0.2) is 0 Å². The van der Waals surface area contributed by atoms with Gasteiger partial charge in [0.05, 0.1) is 6.04 Å². The molecule has 116 valence electrons.